The topological polar surface area (TPSA) is 12.0 Å². The molecule has 2 heteroatoms. The predicted molar refractivity (Wildman–Crippen MR) is 50.3 cm³/mol. The van der Waals surface area contributed by atoms with E-state index in [9.17, 15) is 0 Å². The maximum Gasteiger partial charge on any atom is 0.0210 e. The van der Waals surface area contributed by atoms with Gasteiger partial charge in [-0.15, -0.1) is 11.8 Å². The smallest absolute Gasteiger partial charge is 0.0210 e. The highest BCUT2D eigenvalue weighted by molar-refractivity contribution is 8.02. The van der Waals surface area contributed by atoms with Crippen LogP contribution in [0.4, 0.5) is 0 Å². The van der Waals surface area contributed by atoms with E-state index in [1.54, 1.807) is 11.8 Å². The zero-order chi connectivity index (χ0) is 7.98. The van der Waals surface area contributed by atoms with Crippen molar-refractivity contribution in [3.05, 3.63) is 23.1 Å². The molecule has 0 spiro atoms. The molecular formula is C8H15NS. The molecule has 0 bridgehead atoms. The first-order valence-corrected chi connectivity index (χ1v) is 4.49. The van der Waals surface area contributed by atoms with E-state index in [0.29, 0.717) is 0 Å². The number of hydrogen-bond acceptors (Lipinski definition) is 2. The van der Waals surface area contributed by atoms with E-state index in [0.717, 1.165) is 6.54 Å². The SMILES string of the molecule is C=C/C(CNC)=C(/C)SC. The van der Waals surface area contributed by atoms with Crippen LogP contribution in [0.2, 0.25) is 0 Å². The summed E-state index contributed by atoms with van der Waals surface area (Å²) in [6.45, 7) is 6.76. The molecule has 0 aromatic rings. The highest BCUT2D eigenvalue weighted by atomic mass is 32.2. The van der Waals surface area contributed by atoms with Gasteiger partial charge in [-0.05, 0) is 30.7 Å². The Kier molecular flexibility index (Phi) is 5.45. The number of thioether (sulfide) groups is 1. The van der Waals surface area contributed by atoms with Crippen molar-refractivity contribution in [3.8, 4) is 0 Å². The summed E-state index contributed by atoms with van der Waals surface area (Å²) in [5.41, 5.74) is 1.29. The summed E-state index contributed by atoms with van der Waals surface area (Å²) in [7, 11) is 1.94. The van der Waals surface area contributed by atoms with Gasteiger partial charge in [0.05, 0.1) is 0 Å². The summed E-state index contributed by atoms with van der Waals surface area (Å²) >= 11 is 1.77. The van der Waals surface area contributed by atoms with Crippen LogP contribution in [0.25, 0.3) is 0 Å². The average Bonchev–Trinajstić information content (AvgIpc) is 1.99. The second kappa shape index (κ2) is 5.57. The standard InChI is InChI=1S/C8H15NS/c1-5-8(6-9-3)7(2)10-4/h5,9H,1,6H2,2-4H3/b8-7+. The second-order valence-corrected chi connectivity index (χ2v) is 3.04. The van der Waals surface area contributed by atoms with E-state index in [1.807, 2.05) is 13.1 Å². The maximum atomic E-state index is 3.74. The number of rotatable bonds is 4. The fourth-order valence-corrected chi connectivity index (χ4v) is 1.08. The third kappa shape index (κ3) is 3.08. The van der Waals surface area contributed by atoms with Gasteiger partial charge in [0, 0.05) is 6.54 Å². The Balaban J connectivity index is 4.14. The summed E-state index contributed by atoms with van der Waals surface area (Å²) in [6.07, 6.45) is 3.98. The van der Waals surface area contributed by atoms with Gasteiger partial charge in [-0.1, -0.05) is 12.7 Å². The van der Waals surface area contributed by atoms with Crippen molar-refractivity contribution < 1.29 is 0 Å². The monoisotopic (exact) mass is 157 g/mol. The molecule has 0 aromatic carbocycles. The molecular weight excluding hydrogens is 142 g/mol. The highest BCUT2D eigenvalue weighted by Gasteiger charge is 1.94. The molecule has 0 saturated heterocycles. The fraction of sp³-hybridized carbons (Fsp3) is 0.500. The third-order valence-electron chi connectivity index (χ3n) is 1.37. The van der Waals surface area contributed by atoms with Crippen molar-refractivity contribution in [2.45, 2.75) is 6.92 Å². The predicted octanol–water partition coefficient (Wildman–Crippen LogP) is 2.03. The van der Waals surface area contributed by atoms with Gasteiger partial charge in [0.2, 0.25) is 0 Å². The Morgan fingerprint density at radius 2 is 2.30 bits per heavy atom. The van der Waals surface area contributed by atoms with Gasteiger partial charge >= 0.3 is 0 Å². The molecule has 0 unspecified atom stereocenters. The molecule has 1 nitrogen and oxygen atoms in total. The number of allylic oxidation sites excluding steroid dienone is 1. The lowest BCUT2D eigenvalue weighted by atomic mass is 10.2. The molecule has 0 aromatic heterocycles. The normalized spacial score (nSPS) is 12.7. The van der Waals surface area contributed by atoms with Crippen molar-refractivity contribution in [2.75, 3.05) is 19.8 Å². The molecule has 0 aliphatic carbocycles. The first-order valence-electron chi connectivity index (χ1n) is 3.27. The summed E-state index contributed by atoms with van der Waals surface area (Å²) in [4.78, 5) is 1.34. The summed E-state index contributed by atoms with van der Waals surface area (Å²) in [5.74, 6) is 0. The molecule has 0 amide bonds. The van der Waals surface area contributed by atoms with E-state index in [4.69, 9.17) is 0 Å². The molecule has 1 N–H and O–H groups in total. The first kappa shape index (κ1) is 9.79. The quantitative estimate of drug-likeness (QED) is 0.627. The van der Waals surface area contributed by atoms with Crippen LogP contribution >= 0.6 is 11.8 Å². The maximum absolute atomic E-state index is 3.74. The Morgan fingerprint density at radius 3 is 2.60 bits per heavy atom. The molecule has 0 saturated carbocycles. The second-order valence-electron chi connectivity index (χ2n) is 2.02. The lowest BCUT2D eigenvalue weighted by molar-refractivity contribution is 0.893. The average molecular weight is 157 g/mol. The highest BCUT2D eigenvalue weighted by Crippen LogP contribution is 2.15. The van der Waals surface area contributed by atoms with Gasteiger partial charge in [0.15, 0.2) is 0 Å². The van der Waals surface area contributed by atoms with Crippen LogP contribution in [0.1, 0.15) is 6.92 Å². The minimum Gasteiger partial charge on any atom is -0.316 e. The van der Waals surface area contributed by atoms with E-state index in [2.05, 4.69) is 25.1 Å². The molecule has 10 heavy (non-hydrogen) atoms. The van der Waals surface area contributed by atoms with Gasteiger partial charge in [-0.3, -0.25) is 0 Å². The zero-order valence-corrected chi connectivity index (χ0v) is 7.72. The summed E-state index contributed by atoms with van der Waals surface area (Å²) < 4.78 is 0. The molecule has 0 atom stereocenters. The minimum atomic E-state index is 0.913. The number of nitrogens with one attached hydrogen (secondary N) is 1. The first-order chi connectivity index (χ1) is 4.76. The Hall–Kier alpha value is -0.210. The Morgan fingerprint density at radius 1 is 1.70 bits per heavy atom. The minimum absolute atomic E-state index is 0.913. The summed E-state index contributed by atoms with van der Waals surface area (Å²) in [5, 5.41) is 3.09. The van der Waals surface area contributed by atoms with Crippen LogP contribution in [0.5, 0.6) is 0 Å². The van der Waals surface area contributed by atoms with Gasteiger partial charge in [0.1, 0.15) is 0 Å². The van der Waals surface area contributed by atoms with Crippen molar-refractivity contribution in [1.29, 1.82) is 0 Å². The van der Waals surface area contributed by atoms with Gasteiger partial charge in [-0.2, -0.15) is 0 Å². The Labute approximate surface area is 67.6 Å². The number of hydrogen-bond donors (Lipinski definition) is 1. The summed E-state index contributed by atoms with van der Waals surface area (Å²) in [6, 6.07) is 0. The molecule has 0 radical (unpaired) electrons. The van der Waals surface area contributed by atoms with Gasteiger partial charge in [-0.25, -0.2) is 0 Å². The lowest BCUT2D eigenvalue weighted by Crippen LogP contribution is -2.09. The molecule has 0 rings (SSSR count). The lowest BCUT2D eigenvalue weighted by Gasteiger charge is -2.03. The van der Waals surface area contributed by atoms with Crippen molar-refractivity contribution in [1.82, 2.24) is 5.32 Å². The largest absolute Gasteiger partial charge is 0.316 e. The molecule has 0 aliphatic heterocycles. The van der Waals surface area contributed by atoms with Crippen molar-refractivity contribution >= 4 is 11.8 Å². The van der Waals surface area contributed by atoms with Crippen molar-refractivity contribution in [2.24, 2.45) is 0 Å². The van der Waals surface area contributed by atoms with Crippen molar-refractivity contribution in [3.63, 3.8) is 0 Å². The Bertz CT molecular complexity index is 138. The van der Waals surface area contributed by atoms with Crippen LogP contribution in [-0.2, 0) is 0 Å². The van der Waals surface area contributed by atoms with E-state index >= 15 is 0 Å². The van der Waals surface area contributed by atoms with Gasteiger partial charge < -0.3 is 5.32 Å². The third-order valence-corrected chi connectivity index (χ3v) is 2.25. The van der Waals surface area contributed by atoms with Crippen LogP contribution < -0.4 is 5.32 Å². The van der Waals surface area contributed by atoms with E-state index in [-0.39, 0.29) is 0 Å². The van der Waals surface area contributed by atoms with Crippen LogP contribution in [0.3, 0.4) is 0 Å². The fourth-order valence-electron chi connectivity index (χ4n) is 0.662. The molecule has 58 valence electrons. The van der Waals surface area contributed by atoms with E-state index in [1.165, 1.54) is 10.5 Å². The molecule has 0 fully saturated rings. The molecule has 0 heterocycles. The zero-order valence-electron chi connectivity index (χ0n) is 6.90. The molecule has 0 aliphatic rings. The van der Waals surface area contributed by atoms with E-state index < -0.39 is 0 Å². The number of likely N-dealkylation sites (N-methyl/N-ethyl adjacent to an activating group) is 1. The van der Waals surface area contributed by atoms with Crippen LogP contribution in [-0.4, -0.2) is 19.8 Å². The van der Waals surface area contributed by atoms with Crippen LogP contribution in [0, 0.1) is 0 Å². The van der Waals surface area contributed by atoms with Crippen LogP contribution in [0.15, 0.2) is 23.1 Å². The van der Waals surface area contributed by atoms with Gasteiger partial charge in [0.25, 0.3) is 0 Å².